The van der Waals surface area contributed by atoms with E-state index in [9.17, 15) is 0 Å². The molecule has 0 aromatic carbocycles. The second-order valence-electron chi connectivity index (χ2n) is 3.74. The summed E-state index contributed by atoms with van der Waals surface area (Å²) in [6.07, 6.45) is 1.91. The second kappa shape index (κ2) is 9.19. The lowest BCUT2D eigenvalue weighted by Crippen LogP contribution is -2.21. The van der Waals surface area contributed by atoms with Gasteiger partial charge in [0.1, 0.15) is 17.4 Å². The number of hydrogen-bond acceptors (Lipinski definition) is 4. The van der Waals surface area contributed by atoms with E-state index in [1.165, 1.54) is 6.21 Å². The lowest BCUT2D eigenvalue weighted by Gasteiger charge is -2.17. The third kappa shape index (κ3) is 4.77. The highest BCUT2D eigenvalue weighted by Crippen LogP contribution is 2.21. The van der Waals surface area contributed by atoms with E-state index in [4.69, 9.17) is 20.6 Å². The van der Waals surface area contributed by atoms with Crippen LogP contribution in [0.2, 0.25) is 0 Å². The Morgan fingerprint density at radius 3 is 2.16 bits per heavy atom. The summed E-state index contributed by atoms with van der Waals surface area (Å²) >= 11 is 0. The fraction of sp³-hybridized carbons (Fsp3) is 0.571. The summed E-state index contributed by atoms with van der Waals surface area (Å²) in [7, 11) is 1.62. The number of hydrogen-bond donors (Lipinski definition) is 2. The standard InChI is InChI=1S/C14H25N3O2/c1-6-12(19-8-3)13(14(16)17-5)11(9-15)10(4)18-7-2/h9,15H,6-8H2,1-5H3,(H2,16,17). The minimum absolute atomic E-state index is 0.350. The van der Waals surface area contributed by atoms with Crippen molar-refractivity contribution in [2.24, 2.45) is 10.7 Å². The Bertz CT molecular complexity index is 395. The van der Waals surface area contributed by atoms with Gasteiger partial charge in [0, 0.05) is 25.3 Å². The molecule has 3 N–H and O–H groups in total. The average molecular weight is 267 g/mol. The molecule has 0 aliphatic carbocycles. The highest BCUT2D eigenvalue weighted by Gasteiger charge is 2.17. The second-order valence-corrected chi connectivity index (χ2v) is 3.74. The predicted molar refractivity (Wildman–Crippen MR) is 79.6 cm³/mol. The average Bonchev–Trinajstić information content (AvgIpc) is 2.41. The van der Waals surface area contributed by atoms with Gasteiger partial charge in [0.25, 0.3) is 0 Å². The van der Waals surface area contributed by atoms with Crippen molar-refractivity contribution in [3.63, 3.8) is 0 Å². The number of allylic oxidation sites excluding steroid dienone is 2. The molecule has 0 aromatic heterocycles. The zero-order valence-corrected chi connectivity index (χ0v) is 12.5. The number of nitrogens with one attached hydrogen (secondary N) is 1. The largest absolute Gasteiger partial charge is 0.498 e. The van der Waals surface area contributed by atoms with Crippen molar-refractivity contribution < 1.29 is 9.47 Å². The minimum Gasteiger partial charge on any atom is -0.498 e. The van der Waals surface area contributed by atoms with E-state index in [-0.39, 0.29) is 0 Å². The smallest absolute Gasteiger partial charge is 0.129 e. The summed E-state index contributed by atoms with van der Waals surface area (Å²) in [4.78, 5) is 4.01. The molecule has 0 aliphatic heterocycles. The summed E-state index contributed by atoms with van der Waals surface area (Å²) in [5, 5.41) is 7.61. The van der Waals surface area contributed by atoms with E-state index in [0.29, 0.717) is 42.4 Å². The normalized spacial score (nSPS) is 14.5. The Hall–Kier alpha value is -1.78. The van der Waals surface area contributed by atoms with E-state index in [1.54, 1.807) is 7.05 Å². The van der Waals surface area contributed by atoms with E-state index < -0.39 is 0 Å². The predicted octanol–water partition coefficient (Wildman–Crippen LogP) is 2.63. The molecule has 0 unspecified atom stereocenters. The molecule has 0 radical (unpaired) electrons. The van der Waals surface area contributed by atoms with Crippen LogP contribution in [0.1, 0.15) is 34.1 Å². The zero-order valence-electron chi connectivity index (χ0n) is 12.5. The Kier molecular flexibility index (Phi) is 8.33. The third-order valence-electron chi connectivity index (χ3n) is 2.57. The molecule has 0 atom stereocenters. The van der Waals surface area contributed by atoms with Gasteiger partial charge in [-0.25, -0.2) is 0 Å². The van der Waals surface area contributed by atoms with Crippen molar-refractivity contribution in [3.05, 3.63) is 22.7 Å². The molecular formula is C14H25N3O2. The summed E-state index contributed by atoms with van der Waals surface area (Å²) in [6.45, 7) is 8.68. The van der Waals surface area contributed by atoms with Crippen LogP contribution in [0.3, 0.4) is 0 Å². The van der Waals surface area contributed by atoms with Crippen LogP contribution in [-0.2, 0) is 9.47 Å². The molecular weight excluding hydrogens is 242 g/mol. The van der Waals surface area contributed by atoms with Crippen LogP contribution in [0.15, 0.2) is 27.7 Å². The van der Waals surface area contributed by atoms with Crippen LogP contribution < -0.4 is 5.73 Å². The maximum absolute atomic E-state index is 7.61. The molecule has 5 heteroatoms. The summed E-state index contributed by atoms with van der Waals surface area (Å²) in [6, 6.07) is 0. The van der Waals surface area contributed by atoms with Gasteiger partial charge in [0.05, 0.1) is 18.8 Å². The van der Waals surface area contributed by atoms with Crippen LogP contribution in [0, 0.1) is 5.41 Å². The van der Waals surface area contributed by atoms with Gasteiger partial charge in [0.2, 0.25) is 0 Å². The molecule has 0 aromatic rings. The Morgan fingerprint density at radius 2 is 1.79 bits per heavy atom. The lowest BCUT2D eigenvalue weighted by atomic mass is 10.0. The first kappa shape index (κ1) is 17.2. The van der Waals surface area contributed by atoms with E-state index in [2.05, 4.69) is 4.99 Å². The Morgan fingerprint density at radius 1 is 1.21 bits per heavy atom. The number of rotatable bonds is 8. The number of aliphatic imine (C=N–C) groups is 1. The monoisotopic (exact) mass is 267 g/mol. The molecule has 0 bridgehead atoms. The number of nitrogens with zero attached hydrogens (tertiary/aromatic N) is 1. The molecule has 108 valence electrons. The van der Waals surface area contributed by atoms with Crippen molar-refractivity contribution in [1.82, 2.24) is 0 Å². The molecule has 5 nitrogen and oxygen atoms in total. The Balaban J connectivity index is 5.97. The quantitative estimate of drug-likeness (QED) is 0.307. The number of nitrogens with two attached hydrogens (primary N) is 1. The van der Waals surface area contributed by atoms with E-state index >= 15 is 0 Å². The first-order valence-electron chi connectivity index (χ1n) is 6.50. The molecule has 0 aliphatic rings. The molecule has 0 saturated carbocycles. The van der Waals surface area contributed by atoms with Crippen molar-refractivity contribution in [3.8, 4) is 0 Å². The van der Waals surface area contributed by atoms with Crippen LogP contribution in [0.25, 0.3) is 0 Å². The highest BCUT2D eigenvalue weighted by atomic mass is 16.5. The number of amidine groups is 1. The lowest BCUT2D eigenvalue weighted by molar-refractivity contribution is 0.217. The number of ether oxygens (including phenoxy) is 2. The SMILES string of the molecule is CCOC(C)=C(C=N)C(C(N)=NC)=C(CC)OCC. The van der Waals surface area contributed by atoms with Crippen molar-refractivity contribution in [2.45, 2.75) is 34.1 Å². The van der Waals surface area contributed by atoms with Crippen LogP contribution >= 0.6 is 0 Å². The first-order valence-corrected chi connectivity index (χ1v) is 6.50. The molecule has 0 heterocycles. The molecule has 19 heavy (non-hydrogen) atoms. The fourth-order valence-corrected chi connectivity index (χ4v) is 1.71. The van der Waals surface area contributed by atoms with Gasteiger partial charge in [-0.05, 0) is 20.8 Å². The topological polar surface area (TPSA) is 80.7 Å². The molecule has 0 rings (SSSR count). The van der Waals surface area contributed by atoms with E-state index in [0.717, 1.165) is 5.76 Å². The van der Waals surface area contributed by atoms with Gasteiger partial charge in [-0.1, -0.05) is 6.92 Å². The maximum Gasteiger partial charge on any atom is 0.129 e. The van der Waals surface area contributed by atoms with Gasteiger partial charge in [-0.2, -0.15) is 0 Å². The van der Waals surface area contributed by atoms with Crippen molar-refractivity contribution >= 4 is 12.1 Å². The highest BCUT2D eigenvalue weighted by molar-refractivity contribution is 6.08. The van der Waals surface area contributed by atoms with E-state index in [1.807, 2.05) is 27.7 Å². The maximum atomic E-state index is 7.61. The summed E-state index contributed by atoms with van der Waals surface area (Å²) < 4.78 is 11.1. The van der Waals surface area contributed by atoms with Crippen LogP contribution in [-0.4, -0.2) is 32.3 Å². The fourth-order valence-electron chi connectivity index (χ4n) is 1.71. The van der Waals surface area contributed by atoms with Gasteiger partial charge in [-0.3, -0.25) is 4.99 Å². The summed E-state index contributed by atoms with van der Waals surface area (Å²) in [5.74, 6) is 1.72. The molecule has 0 amide bonds. The minimum atomic E-state index is 0.350. The first-order chi connectivity index (χ1) is 9.06. The van der Waals surface area contributed by atoms with Crippen molar-refractivity contribution in [2.75, 3.05) is 20.3 Å². The van der Waals surface area contributed by atoms with Crippen molar-refractivity contribution in [1.29, 1.82) is 5.41 Å². The molecule has 0 saturated heterocycles. The Labute approximate surface area is 115 Å². The summed E-state index contributed by atoms with van der Waals surface area (Å²) in [5.41, 5.74) is 7.21. The zero-order chi connectivity index (χ0) is 14.8. The van der Waals surface area contributed by atoms with Gasteiger partial charge in [0.15, 0.2) is 0 Å². The van der Waals surface area contributed by atoms with Gasteiger partial charge < -0.3 is 20.6 Å². The van der Waals surface area contributed by atoms with Crippen LogP contribution in [0.4, 0.5) is 0 Å². The van der Waals surface area contributed by atoms with Gasteiger partial charge >= 0.3 is 0 Å². The third-order valence-corrected chi connectivity index (χ3v) is 2.57. The molecule has 0 fully saturated rings. The van der Waals surface area contributed by atoms with Crippen LogP contribution in [0.5, 0.6) is 0 Å². The molecule has 0 spiro atoms. The van der Waals surface area contributed by atoms with Gasteiger partial charge in [-0.15, -0.1) is 0 Å².